The molecule has 0 bridgehead atoms. The van der Waals surface area contributed by atoms with Crippen LogP contribution in [0, 0.1) is 13.8 Å². The second kappa shape index (κ2) is 6.87. The first kappa shape index (κ1) is 15.0. The summed E-state index contributed by atoms with van der Waals surface area (Å²) in [5, 5.41) is 6.57. The van der Waals surface area contributed by atoms with Crippen molar-refractivity contribution in [3.05, 3.63) is 71.7 Å². The maximum atomic E-state index is 4.50. The minimum Gasteiger partial charge on any atom is -0.366 e. The van der Waals surface area contributed by atoms with E-state index in [0.29, 0.717) is 12.5 Å². The summed E-state index contributed by atoms with van der Waals surface area (Å²) in [6, 6.07) is 12.1. The average Bonchev–Trinajstić information content (AvgIpc) is 2.58. The molecule has 0 fully saturated rings. The number of pyridine rings is 1. The standard InChI is InChI=1S/C18H19N5/c1-13-3-4-14(2)16(11-13)22-18-20-10-7-17(23-18)21-12-15-5-8-19-9-6-15/h3-11H,12H2,1-2H3,(H2,20,21,22,23). The van der Waals surface area contributed by atoms with Crippen molar-refractivity contribution in [2.24, 2.45) is 0 Å². The predicted octanol–water partition coefficient (Wildman–Crippen LogP) is 3.84. The zero-order valence-electron chi connectivity index (χ0n) is 13.2. The Morgan fingerprint density at radius 1 is 0.957 bits per heavy atom. The largest absolute Gasteiger partial charge is 0.366 e. The summed E-state index contributed by atoms with van der Waals surface area (Å²) in [6.45, 7) is 4.83. The lowest BCUT2D eigenvalue weighted by Crippen LogP contribution is -2.04. The van der Waals surface area contributed by atoms with Crippen LogP contribution in [0.3, 0.4) is 0 Å². The predicted molar refractivity (Wildman–Crippen MR) is 92.8 cm³/mol. The van der Waals surface area contributed by atoms with E-state index >= 15 is 0 Å². The summed E-state index contributed by atoms with van der Waals surface area (Å²) in [7, 11) is 0. The first-order valence-electron chi connectivity index (χ1n) is 7.51. The van der Waals surface area contributed by atoms with Crippen LogP contribution in [0.4, 0.5) is 17.5 Å². The molecule has 0 aliphatic carbocycles. The van der Waals surface area contributed by atoms with Gasteiger partial charge in [0.05, 0.1) is 0 Å². The maximum Gasteiger partial charge on any atom is 0.229 e. The smallest absolute Gasteiger partial charge is 0.229 e. The third-order valence-electron chi connectivity index (χ3n) is 3.52. The van der Waals surface area contributed by atoms with Gasteiger partial charge in [0.25, 0.3) is 0 Å². The Balaban J connectivity index is 1.71. The van der Waals surface area contributed by atoms with Gasteiger partial charge in [-0.2, -0.15) is 4.98 Å². The van der Waals surface area contributed by atoms with Gasteiger partial charge >= 0.3 is 0 Å². The molecule has 0 unspecified atom stereocenters. The number of benzene rings is 1. The Hall–Kier alpha value is -2.95. The number of hydrogen-bond acceptors (Lipinski definition) is 5. The molecule has 0 radical (unpaired) electrons. The van der Waals surface area contributed by atoms with Gasteiger partial charge in [-0.15, -0.1) is 0 Å². The highest BCUT2D eigenvalue weighted by Gasteiger charge is 2.03. The van der Waals surface area contributed by atoms with E-state index in [4.69, 9.17) is 0 Å². The number of anilines is 3. The monoisotopic (exact) mass is 305 g/mol. The summed E-state index contributed by atoms with van der Waals surface area (Å²) in [5.74, 6) is 1.36. The second-order valence-corrected chi connectivity index (χ2v) is 5.42. The third-order valence-corrected chi connectivity index (χ3v) is 3.52. The van der Waals surface area contributed by atoms with E-state index in [1.165, 1.54) is 5.56 Å². The van der Waals surface area contributed by atoms with Crippen molar-refractivity contribution < 1.29 is 0 Å². The first-order chi connectivity index (χ1) is 11.2. The number of aryl methyl sites for hydroxylation is 2. The van der Waals surface area contributed by atoms with Crippen molar-refractivity contribution in [1.82, 2.24) is 15.0 Å². The van der Waals surface area contributed by atoms with Crippen molar-refractivity contribution in [3.63, 3.8) is 0 Å². The van der Waals surface area contributed by atoms with Gasteiger partial charge in [0.1, 0.15) is 5.82 Å². The van der Waals surface area contributed by atoms with Crippen molar-refractivity contribution in [1.29, 1.82) is 0 Å². The SMILES string of the molecule is Cc1ccc(C)c(Nc2nccc(NCc3ccncc3)n2)c1. The molecule has 5 heteroatoms. The molecule has 0 spiro atoms. The van der Waals surface area contributed by atoms with Crippen LogP contribution in [-0.4, -0.2) is 15.0 Å². The van der Waals surface area contributed by atoms with Gasteiger partial charge in [0.2, 0.25) is 5.95 Å². The molecule has 0 atom stereocenters. The molecular formula is C18H19N5. The molecule has 0 saturated carbocycles. The molecule has 3 rings (SSSR count). The third kappa shape index (κ3) is 4.03. The van der Waals surface area contributed by atoms with Crippen molar-refractivity contribution in [3.8, 4) is 0 Å². The van der Waals surface area contributed by atoms with Gasteiger partial charge in [-0.3, -0.25) is 4.98 Å². The van der Waals surface area contributed by atoms with Gasteiger partial charge < -0.3 is 10.6 Å². The minimum absolute atomic E-state index is 0.582. The fourth-order valence-corrected chi connectivity index (χ4v) is 2.20. The lowest BCUT2D eigenvalue weighted by atomic mass is 10.1. The van der Waals surface area contributed by atoms with Gasteiger partial charge in [-0.05, 0) is 54.8 Å². The summed E-state index contributed by atoms with van der Waals surface area (Å²) in [6.07, 6.45) is 5.31. The highest BCUT2D eigenvalue weighted by atomic mass is 15.1. The van der Waals surface area contributed by atoms with Crippen LogP contribution in [0.1, 0.15) is 16.7 Å². The molecule has 23 heavy (non-hydrogen) atoms. The zero-order valence-corrected chi connectivity index (χ0v) is 13.2. The Morgan fingerprint density at radius 3 is 2.61 bits per heavy atom. The highest BCUT2D eigenvalue weighted by molar-refractivity contribution is 5.60. The van der Waals surface area contributed by atoms with Crippen molar-refractivity contribution >= 4 is 17.5 Å². The van der Waals surface area contributed by atoms with Crippen LogP contribution in [0.5, 0.6) is 0 Å². The molecule has 116 valence electrons. The van der Waals surface area contributed by atoms with E-state index in [9.17, 15) is 0 Å². The molecule has 2 heterocycles. The summed E-state index contributed by atoms with van der Waals surface area (Å²) in [4.78, 5) is 12.8. The lowest BCUT2D eigenvalue weighted by Gasteiger charge is -2.11. The summed E-state index contributed by atoms with van der Waals surface area (Å²) in [5.41, 5.74) is 4.54. The van der Waals surface area contributed by atoms with E-state index < -0.39 is 0 Å². The fraction of sp³-hybridized carbons (Fsp3) is 0.167. The Labute approximate surface area is 135 Å². The van der Waals surface area contributed by atoms with Crippen molar-refractivity contribution in [2.75, 3.05) is 10.6 Å². The van der Waals surface area contributed by atoms with Gasteiger partial charge in [-0.25, -0.2) is 4.98 Å². The van der Waals surface area contributed by atoms with E-state index in [0.717, 1.165) is 22.6 Å². The average molecular weight is 305 g/mol. The first-order valence-corrected chi connectivity index (χ1v) is 7.51. The Morgan fingerprint density at radius 2 is 1.78 bits per heavy atom. The molecule has 2 N–H and O–H groups in total. The number of hydrogen-bond donors (Lipinski definition) is 2. The van der Waals surface area contributed by atoms with E-state index in [1.807, 2.05) is 18.2 Å². The second-order valence-electron chi connectivity index (χ2n) is 5.42. The fourth-order valence-electron chi connectivity index (χ4n) is 2.20. The highest BCUT2D eigenvalue weighted by Crippen LogP contribution is 2.20. The molecule has 0 aliphatic rings. The van der Waals surface area contributed by atoms with Crippen LogP contribution in [0.25, 0.3) is 0 Å². The van der Waals surface area contributed by atoms with Crippen LogP contribution in [0.15, 0.2) is 55.0 Å². The van der Waals surface area contributed by atoms with Crippen molar-refractivity contribution in [2.45, 2.75) is 20.4 Å². The quantitative estimate of drug-likeness (QED) is 0.750. The number of nitrogens with zero attached hydrogens (tertiary/aromatic N) is 3. The van der Waals surface area contributed by atoms with Gasteiger partial charge in [-0.1, -0.05) is 12.1 Å². The van der Waals surface area contributed by atoms with Gasteiger partial charge in [0, 0.05) is 30.8 Å². The van der Waals surface area contributed by atoms with Crippen LogP contribution < -0.4 is 10.6 Å². The molecule has 1 aromatic carbocycles. The van der Waals surface area contributed by atoms with E-state index in [2.05, 4.69) is 57.6 Å². The lowest BCUT2D eigenvalue weighted by molar-refractivity contribution is 1.07. The molecule has 0 aliphatic heterocycles. The minimum atomic E-state index is 0.582. The topological polar surface area (TPSA) is 62.7 Å². The number of nitrogens with one attached hydrogen (secondary N) is 2. The van der Waals surface area contributed by atoms with Crippen LogP contribution in [0.2, 0.25) is 0 Å². The Kier molecular flexibility index (Phi) is 4.47. The van der Waals surface area contributed by atoms with E-state index in [1.54, 1.807) is 18.6 Å². The molecular weight excluding hydrogens is 286 g/mol. The van der Waals surface area contributed by atoms with E-state index in [-0.39, 0.29) is 0 Å². The molecule has 0 amide bonds. The maximum absolute atomic E-state index is 4.50. The number of aromatic nitrogens is 3. The van der Waals surface area contributed by atoms with Crippen LogP contribution >= 0.6 is 0 Å². The van der Waals surface area contributed by atoms with Crippen LogP contribution in [-0.2, 0) is 6.54 Å². The number of rotatable bonds is 5. The Bertz CT molecular complexity index is 786. The molecule has 3 aromatic rings. The van der Waals surface area contributed by atoms with Gasteiger partial charge in [0.15, 0.2) is 0 Å². The molecule has 2 aromatic heterocycles. The summed E-state index contributed by atoms with van der Waals surface area (Å²) >= 11 is 0. The molecule has 0 saturated heterocycles. The zero-order chi connectivity index (χ0) is 16.1. The normalized spacial score (nSPS) is 10.3. The summed E-state index contributed by atoms with van der Waals surface area (Å²) < 4.78 is 0. The molecule has 5 nitrogen and oxygen atoms in total.